The highest BCUT2D eigenvalue weighted by molar-refractivity contribution is 7.09. The average Bonchev–Trinajstić information content (AvgIpc) is 2.98. The molecule has 2 aromatic heterocycles. The van der Waals surface area contributed by atoms with Crippen LogP contribution in [0.5, 0.6) is 0 Å². The Bertz CT molecular complexity index is 849. The van der Waals surface area contributed by atoms with Gasteiger partial charge in [0, 0.05) is 18.0 Å². The highest BCUT2D eigenvalue weighted by Gasteiger charge is 2.20. The number of amides is 1. The van der Waals surface area contributed by atoms with E-state index in [-0.39, 0.29) is 17.8 Å². The Labute approximate surface area is 142 Å². The number of aromatic nitrogens is 2. The lowest BCUT2D eigenvalue weighted by atomic mass is 10.1. The van der Waals surface area contributed by atoms with Crippen molar-refractivity contribution in [1.29, 1.82) is 0 Å². The third-order valence-electron chi connectivity index (χ3n) is 3.61. The molecule has 0 bridgehead atoms. The lowest BCUT2D eigenvalue weighted by Gasteiger charge is -2.13. The standard InChI is InChI=1S/C17H15FN4OS/c1-10(11-2-4-13(18)5-3-11)21-17(23)16-14(19)15(22-24-16)12-6-8-20-9-7-12/h2-10H,19H2,1H3,(H,21,23). The summed E-state index contributed by atoms with van der Waals surface area (Å²) in [5, 5.41) is 2.85. The van der Waals surface area contributed by atoms with Gasteiger partial charge in [-0.25, -0.2) is 4.39 Å². The van der Waals surface area contributed by atoms with Crippen LogP contribution in [0, 0.1) is 5.82 Å². The molecule has 1 atom stereocenters. The summed E-state index contributed by atoms with van der Waals surface area (Å²) in [6.07, 6.45) is 3.29. The summed E-state index contributed by atoms with van der Waals surface area (Å²) in [6.45, 7) is 1.83. The summed E-state index contributed by atoms with van der Waals surface area (Å²) < 4.78 is 17.3. The van der Waals surface area contributed by atoms with Gasteiger partial charge in [-0.3, -0.25) is 9.78 Å². The molecule has 122 valence electrons. The minimum atomic E-state index is -0.314. The third kappa shape index (κ3) is 3.26. The molecule has 0 radical (unpaired) electrons. The highest BCUT2D eigenvalue weighted by Crippen LogP contribution is 2.30. The predicted octanol–water partition coefficient (Wildman–Crippen LogP) is 3.42. The second-order valence-corrected chi connectivity index (χ2v) is 6.03. The number of carbonyl (C=O) groups is 1. The Kier molecular flexibility index (Phi) is 4.52. The summed E-state index contributed by atoms with van der Waals surface area (Å²) >= 11 is 1.05. The molecule has 3 rings (SSSR count). The van der Waals surface area contributed by atoms with E-state index in [2.05, 4.69) is 14.7 Å². The van der Waals surface area contributed by atoms with Crippen molar-refractivity contribution >= 4 is 23.1 Å². The zero-order valence-electron chi connectivity index (χ0n) is 12.9. The SMILES string of the molecule is CC(NC(=O)c1snc(-c2ccncc2)c1N)c1ccc(F)cc1. The molecular formula is C17H15FN4OS. The Hall–Kier alpha value is -2.80. The number of hydrogen-bond donors (Lipinski definition) is 2. The fraction of sp³-hybridized carbons (Fsp3) is 0.118. The van der Waals surface area contributed by atoms with Crippen LogP contribution in [0.25, 0.3) is 11.3 Å². The molecule has 1 unspecified atom stereocenters. The molecule has 24 heavy (non-hydrogen) atoms. The van der Waals surface area contributed by atoms with E-state index < -0.39 is 0 Å². The van der Waals surface area contributed by atoms with Crippen LogP contribution in [0.15, 0.2) is 48.8 Å². The number of halogens is 1. The van der Waals surface area contributed by atoms with Crippen molar-refractivity contribution < 1.29 is 9.18 Å². The van der Waals surface area contributed by atoms with Crippen molar-refractivity contribution in [1.82, 2.24) is 14.7 Å². The molecule has 0 saturated carbocycles. The minimum Gasteiger partial charge on any atom is -0.396 e. The lowest BCUT2D eigenvalue weighted by molar-refractivity contribution is 0.0945. The predicted molar refractivity (Wildman–Crippen MR) is 92.0 cm³/mol. The van der Waals surface area contributed by atoms with E-state index in [9.17, 15) is 9.18 Å². The number of rotatable bonds is 4. The Morgan fingerprint density at radius 1 is 1.21 bits per heavy atom. The van der Waals surface area contributed by atoms with Crippen molar-refractivity contribution in [2.45, 2.75) is 13.0 Å². The van der Waals surface area contributed by atoms with E-state index >= 15 is 0 Å². The Morgan fingerprint density at radius 2 is 1.88 bits per heavy atom. The van der Waals surface area contributed by atoms with Crippen LogP contribution in [0.2, 0.25) is 0 Å². The fourth-order valence-corrected chi connectivity index (χ4v) is 3.00. The molecule has 3 aromatic rings. The van der Waals surface area contributed by atoms with E-state index in [0.717, 1.165) is 22.7 Å². The normalized spacial score (nSPS) is 11.9. The van der Waals surface area contributed by atoms with Crippen molar-refractivity contribution in [3.05, 3.63) is 65.0 Å². The van der Waals surface area contributed by atoms with Crippen LogP contribution in [-0.2, 0) is 0 Å². The third-order valence-corrected chi connectivity index (χ3v) is 4.47. The second kappa shape index (κ2) is 6.76. The monoisotopic (exact) mass is 342 g/mol. The molecule has 3 N–H and O–H groups in total. The molecule has 2 heterocycles. The zero-order chi connectivity index (χ0) is 17.1. The van der Waals surface area contributed by atoms with Gasteiger partial charge in [0.25, 0.3) is 5.91 Å². The van der Waals surface area contributed by atoms with E-state index in [1.165, 1.54) is 12.1 Å². The van der Waals surface area contributed by atoms with Crippen molar-refractivity contribution in [2.75, 3.05) is 5.73 Å². The minimum absolute atomic E-state index is 0.274. The summed E-state index contributed by atoms with van der Waals surface area (Å²) in [5.74, 6) is -0.617. The number of nitrogens with one attached hydrogen (secondary N) is 1. The van der Waals surface area contributed by atoms with E-state index in [1.54, 1.807) is 36.7 Å². The van der Waals surface area contributed by atoms with Gasteiger partial charge in [-0.2, -0.15) is 4.37 Å². The van der Waals surface area contributed by atoms with Gasteiger partial charge >= 0.3 is 0 Å². The largest absolute Gasteiger partial charge is 0.396 e. The van der Waals surface area contributed by atoms with Crippen LogP contribution in [-0.4, -0.2) is 15.3 Å². The number of hydrogen-bond acceptors (Lipinski definition) is 5. The number of nitrogens with two attached hydrogens (primary N) is 1. The van der Waals surface area contributed by atoms with Crippen molar-refractivity contribution in [3.8, 4) is 11.3 Å². The molecule has 0 aliphatic rings. The molecule has 7 heteroatoms. The first-order valence-electron chi connectivity index (χ1n) is 7.28. The zero-order valence-corrected chi connectivity index (χ0v) is 13.7. The van der Waals surface area contributed by atoms with Gasteiger partial charge < -0.3 is 11.1 Å². The maximum Gasteiger partial charge on any atom is 0.265 e. The molecular weight excluding hydrogens is 327 g/mol. The van der Waals surface area contributed by atoms with Gasteiger partial charge in [-0.15, -0.1) is 0 Å². The van der Waals surface area contributed by atoms with Gasteiger partial charge in [0.2, 0.25) is 0 Å². The number of nitrogens with zero attached hydrogens (tertiary/aromatic N) is 2. The van der Waals surface area contributed by atoms with Crippen LogP contribution >= 0.6 is 11.5 Å². The van der Waals surface area contributed by atoms with Gasteiger partial charge in [-0.1, -0.05) is 12.1 Å². The quantitative estimate of drug-likeness (QED) is 0.761. The molecule has 1 aromatic carbocycles. The van der Waals surface area contributed by atoms with Gasteiger partial charge in [0.1, 0.15) is 16.4 Å². The summed E-state index contributed by atoms with van der Waals surface area (Å²) in [6, 6.07) is 9.30. The summed E-state index contributed by atoms with van der Waals surface area (Å²) in [4.78, 5) is 16.8. The molecule has 0 saturated heterocycles. The topological polar surface area (TPSA) is 80.9 Å². The van der Waals surface area contributed by atoms with E-state index in [0.29, 0.717) is 16.3 Å². The number of anilines is 1. The van der Waals surface area contributed by atoms with Crippen molar-refractivity contribution in [3.63, 3.8) is 0 Å². The smallest absolute Gasteiger partial charge is 0.265 e. The Balaban J connectivity index is 1.78. The number of nitrogen functional groups attached to an aromatic ring is 1. The first-order valence-corrected chi connectivity index (χ1v) is 8.05. The first-order chi connectivity index (χ1) is 11.6. The number of pyridine rings is 1. The molecule has 0 aliphatic carbocycles. The molecule has 0 aliphatic heterocycles. The van der Waals surface area contributed by atoms with Crippen molar-refractivity contribution in [2.24, 2.45) is 0 Å². The molecule has 5 nitrogen and oxygen atoms in total. The highest BCUT2D eigenvalue weighted by atomic mass is 32.1. The van der Waals surface area contributed by atoms with Crippen LogP contribution < -0.4 is 11.1 Å². The second-order valence-electron chi connectivity index (χ2n) is 5.26. The van der Waals surface area contributed by atoms with Gasteiger partial charge in [0.15, 0.2) is 0 Å². The summed E-state index contributed by atoms with van der Waals surface area (Å²) in [7, 11) is 0. The summed E-state index contributed by atoms with van der Waals surface area (Å²) in [5.41, 5.74) is 8.62. The molecule has 1 amide bonds. The van der Waals surface area contributed by atoms with E-state index in [1.807, 2.05) is 6.92 Å². The molecule has 0 spiro atoms. The van der Waals surface area contributed by atoms with Gasteiger partial charge in [0.05, 0.1) is 11.7 Å². The number of carbonyl (C=O) groups excluding carboxylic acids is 1. The average molecular weight is 342 g/mol. The maximum absolute atomic E-state index is 13.0. The van der Waals surface area contributed by atoms with Crippen LogP contribution in [0.3, 0.4) is 0 Å². The van der Waals surface area contributed by atoms with Crippen LogP contribution in [0.4, 0.5) is 10.1 Å². The van der Waals surface area contributed by atoms with Gasteiger partial charge in [-0.05, 0) is 48.3 Å². The fourth-order valence-electron chi connectivity index (χ4n) is 2.28. The lowest BCUT2D eigenvalue weighted by Crippen LogP contribution is -2.26. The Morgan fingerprint density at radius 3 is 2.54 bits per heavy atom. The first kappa shape index (κ1) is 16.1. The number of benzene rings is 1. The maximum atomic E-state index is 13.0. The van der Waals surface area contributed by atoms with Crippen LogP contribution in [0.1, 0.15) is 28.2 Å². The molecule has 0 fully saturated rings. The van der Waals surface area contributed by atoms with E-state index in [4.69, 9.17) is 5.73 Å².